The van der Waals surface area contributed by atoms with E-state index in [-0.39, 0.29) is 23.9 Å². The van der Waals surface area contributed by atoms with E-state index in [0.717, 1.165) is 19.3 Å². The first-order valence-corrected chi connectivity index (χ1v) is 6.25. The molecule has 0 aliphatic heterocycles. The van der Waals surface area contributed by atoms with Gasteiger partial charge in [0.25, 0.3) is 0 Å². The standard InChI is InChI=1S/C13H17FN2O3/c14-9-4-5-10(11(12(9)15)13(18)19)16(6-7-17)8-2-1-3-8/h4-5,8,17H,1-3,6-7,15H2,(H,18,19). The van der Waals surface area contributed by atoms with Crippen LogP contribution < -0.4 is 10.6 Å². The third-order valence-corrected chi connectivity index (χ3v) is 3.55. The lowest BCUT2D eigenvalue weighted by atomic mass is 9.90. The Bertz CT molecular complexity index is 489. The van der Waals surface area contributed by atoms with Crippen LogP contribution >= 0.6 is 0 Å². The van der Waals surface area contributed by atoms with Crippen molar-refractivity contribution in [3.63, 3.8) is 0 Å². The maximum absolute atomic E-state index is 13.4. The van der Waals surface area contributed by atoms with E-state index in [0.29, 0.717) is 12.2 Å². The number of aromatic carboxylic acids is 1. The van der Waals surface area contributed by atoms with Crippen LogP contribution in [0.3, 0.4) is 0 Å². The van der Waals surface area contributed by atoms with Gasteiger partial charge in [-0.1, -0.05) is 0 Å². The number of carbonyl (C=O) groups is 1. The number of nitrogens with zero attached hydrogens (tertiary/aromatic N) is 1. The van der Waals surface area contributed by atoms with Crippen LogP contribution in [0.1, 0.15) is 29.6 Å². The van der Waals surface area contributed by atoms with E-state index in [1.54, 1.807) is 0 Å². The van der Waals surface area contributed by atoms with Crippen LogP contribution in [-0.2, 0) is 0 Å². The predicted octanol–water partition coefficient (Wildman–Crippen LogP) is 1.46. The Hall–Kier alpha value is -1.82. The van der Waals surface area contributed by atoms with E-state index in [1.165, 1.54) is 12.1 Å². The molecule has 0 aromatic heterocycles. The molecule has 1 aliphatic carbocycles. The molecule has 4 N–H and O–H groups in total. The lowest BCUT2D eigenvalue weighted by Crippen LogP contribution is -2.42. The van der Waals surface area contributed by atoms with Gasteiger partial charge in [-0.2, -0.15) is 0 Å². The normalized spacial score (nSPS) is 15.1. The molecule has 0 amide bonds. The Morgan fingerprint density at radius 3 is 2.63 bits per heavy atom. The van der Waals surface area contributed by atoms with Gasteiger partial charge >= 0.3 is 5.97 Å². The summed E-state index contributed by atoms with van der Waals surface area (Å²) in [6.07, 6.45) is 2.96. The molecule has 0 saturated heterocycles. The van der Waals surface area contributed by atoms with Gasteiger partial charge in [-0.25, -0.2) is 9.18 Å². The molecule has 6 heteroatoms. The van der Waals surface area contributed by atoms with Crippen LogP contribution in [0, 0.1) is 5.82 Å². The number of rotatable bonds is 5. The number of halogens is 1. The molecular formula is C13H17FN2O3. The maximum atomic E-state index is 13.4. The van der Waals surface area contributed by atoms with Gasteiger partial charge in [0.1, 0.15) is 11.4 Å². The number of anilines is 2. The Balaban J connectivity index is 2.46. The Kier molecular flexibility index (Phi) is 3.90. The topological polar surface area (TPSA) is 86.8 Å². The highest BCUT2D eigenvalue weighted by Gasteiger charge is 2.29. The second-order valence-electron chi connectivity index (χ2n) is 4.66. The molecule has 0 atom stereocenters. The van der Waals surface area contributed by atoms with Crippen LogP contribution in [0.25, 0.3) is 0 Å². The van der Waals surface area contributed by atoms with Gasteiger partial charge in [-0.05, 0) is 31.4 Å². The number of benzene rings is 1. The minimum atomic E-state index is -1.26. The van der Waals surface area contributed by atoms with Crippen LogP contribution in [0.4, 0.5) is 15.8 Å². The van der Waals surface area contributed by atoms with Crippen molar-refractivity contribution >= 4 is 17.3 Å². The quantitative estimate of drug-likeness (QED) is 0.704. The summed E-state index contributed by atoms with van der Waals surface area (Å²) in [5.41, 5.74) is 5.34. The zero-order valence-electron chi connectivity index (χ0n) is 10.5. The number of carboxylic acids is 1. The summed E-state index contributed by atoms with van der Waals surface area (Å²) in [7, 11) is 0. The monoisotopic (exact) mass is 268 g/mol. The van der Waals surface area contributed by atoms with Gasteiger partial charge in [0.05, 0.1) is 18.0 Å². The summed E-state index contributed by atoms with van der Waals surface area (Å²) < 4.78 is 13.4. The molecule has 0 bridgehead atoms. The molecule has 1 fully saturated rings. The molecule has 19 heavy (non-hydrogen) atoms. The molecule has 1 saturated carbocycles. The maximum Gasteiger partial charge on any atom is 0.340 e. The second kappa shape index (κ2) is 5.44. The van der Waals surface area contributed by atoms with Crippen molar-refractivity contribution < 1.29 is 19.4 Å². The summed E-state index contributed by atoms with van der Waals surface area (Å²) in [6, 6.07) is 2.78. The van der Waals surface area contributed by atoms with Gasteiger partial charge in [0, 0.05) is 12.6 Å². The van der Waals surface area contributed by atoms with Crippen LogP contribution in [0.15, 0.2) is 12.1 Å². The van der Waals surface area contributed by atoms with Crippen molar-refractivity contribution in [2.45, 2.75) is 25.3 Å². The molecule has 1 aliphatic rings. The van der Waals surface area contributed by atoms with E-state index in [1.807, 2.05) is 4.90 Å². The number of nitrogen functional groups attached to an aromatic ring is 1. The average molecular weight is 268 g/mol. The summed E-state index contributed by atoms with van der Waals surface area (Å²) >= 11 is 0. The first-order valence-electron chi connectivity index (χ1n) is 6.25. The fraction of sp³-hybridized carbons (Fsp3) is 0.462. The first kappa shape index (κ1) is 13.6. The third kappa shape index (κ3) is 2.49. The SMILES string of the molecule is Nc1c(F)ccc(N(CCO)C2CCC2)c1C(=O)O. The first-order chi connectivity index (χ1) is 9.06. The molecular weight excluding hydrogens is 251 g/mol. The fourth-order valence-corrected chi connectivity index (χ4v) is 2.35. The van der Waals surface area contributed by atoms with Gasteiger partial charge in [-0.3, -0.25) is 0 Å². The van der Waals surface area contributed by atoms with E-state index < -0.39 is 11.8 Å². The number of nitrogens with two attached hydrogens (primary N) is 1. The third-order valence-electron chi connectivity index (χ3n) is 3.55. The van der Waals surface area contributed by atoms with Crippen molar-refractivity contribution in [3.8, 4) is 0 Å². The van der Waals surface area contributed by atoms with Crippen molar-refractivity contribution in [2.75, 3.05) is 23.8 Å². The van der Waals surface area contributed by atoms with Crippen LogP contribution in [0.5, 0.6) is 0 Å². The highest BCUT2D eigenvalue weighted by atomic mass is 19.1. The Morgan fingerprint density at radius 1 is 1.47 bits per heavy atom. The van der Waals surface area contributed by atoms with Crippen LogP contribution in [-0.4, -0.2) is 35.4 Å². The van der Waals surface area contributed by atoms with Crippen LogP contribution in [0.2, 0.25) is 0 Å². The highest BCUT2D eigenvalue weighted by Crippen LogP contribution is 2.34. The number of aliphatic hydroxyl groups excluding tert-OH is 1. The number of hydrogen-bond donors (Lipinski definition) is 3. The van der Waals surface area contributed by atoms with Gasteiger partial charge in [-0.15, -0.1) is 0 Å². The van der Waals surface area contributed by atoms with E-state index >= 15 is 0 Å². The van der Waals surface area contributed by atoms with Crippen molar-refractivity contribution in [1.29, 1.82) is 0 Å². The van der Waals surface area contributed by atoms with Gasteiger partial charge in [0.2, 0.25) is 0 Å². The fourth-order valence-electron chi connectivity index (χ4n) is 2.35. The highest BCUT2D eigenvalue weighted by molar-refractivity contribution is 6.00. The predicted molar refractivity (Wildman–Crippen MR) is 69.8 cm³/mol. The zero-order chi connectivity index (χ0) is 14.0. The molecule has 2 rings (SSSR count). The number of carboxylic acid groups (broad SMARTS) is 1. The average Bonchev–Trinajstić information content (AvgIpc) is 2.29. The van der Waals surface area contributed by atoms with Gasteiger partial charge < -0.3 is 20.8 Å². The molecule has 0 unspecified atom stereocenters. The molecule has 0 spiro atoms. The molecule has 1 aromatic rings. The molecule has 104 valence electrons. The number of aliphatic hydroxyl groups is 1. The van der Waals surface area contributed by atoms with Crippen molar-refractivity contribution in [1.82, 2.24) is 0 Å². The molecule has 0 heterocycles. The summed E-state index contributed by atoms with van der Waals surface area (Å²) in [5.74, 6) is -1.99. The second-order valence-corrected chi connectivity index (χ2v) is 4.66. The van der Waals surface area contributed by atoms with Crippen molar-refractivity contribution in [3.05, 3.63) is 23.5 Å². The zero-order valence-corrected chi connectivity index (χ0v) is 10.5. The summed E-state index contributed by atoms with van der Waals surface area (Å²) in [5, 5.41) is 18.4. The van der Waals surface area contributed by atoms with E-state index in [4.69, 9.17) is 10.8 Å². The van der Waals surface area contributed by atoms with Gasteiger partial charge in [0.15, 0.2) is 0 Å². The summed E-state index contributed by atoms with van der Waals surface area (Å²) in [6.45, 7) is 0.225. The molecule has 0 radical (unpaired) electrons. The lowest BCUT2D eigenvalue weighted by Gasteiger charge is -2.39. The smallest absolute Gasteiger partial charge is 0.340 e. The minimum absolute atomic E-state index is 0.0904. The van der Waals surface area contributed by atoms with E-state index in [9.17, 15) is 14.3 Å². The largest absolute Gasteiger partial charge is 0.478 e. The van der Waals surface area contributed by atoms with E-state index in [2.05, 4.69) is 0 Å². The van der Waals surface area contributed by atoms with Crippen molar-refractivity contribution in [2.24, 2.45) is 0 Å². The summed E-state index contributed by atoms with van der Waals surface area (Å²) in [4.78, 5) is 13.1. The Morgan fingerprint density at radius 2 is 2.16 bits per heavy atom. The number of hydrogen-bond acceptors (Lipinski definition) is 4. The Labute approximate surface area is 110 Å². The lowest BCUT2D eigenvalue weighted by molar-refractivity contribution is 0.0698. The molecule has 1 aromatic carbocycles. The minimum Gasteiger partial charge on any atom is -0.478 e. The molecule has 5 nitrogen and oxygen atoms in total.